The molecule has 0 bridgehead atoms. The Labute approximate surface area is 111 Å². The fourth-order valence-electron chi connectivity index (χ4n) is 2.17. The normalized spacial score (nSPS) is 20.0. The van der Waals surface area contributed by atoms with Crippen LogP contribution in [0.5, 0.6) is 0 Å². The minimum atomic E-state index is -0.682. The van der Waals surface area contributed by atoms with Crippen molar-refractivity contribution in [1.82, 2.24) is 4.90 Å². The van der Waals surface area contributed by atoms with Crippen LogP contribution in [0.15, 0.2) is 18.2 Å². The number of nitrogens with zero attached hydrogens (tertiary/aromatic N) is 1. The van der Waals surface area contributed by atoms with Gasteiger partial charge >= 0.3 is 0 Å². The van der Waals surface area contributed by atoms with Crippen molar-refractivity contribution in [2.24, 2.45) is 0 Å². The Bertz CT molecular complexity index is 408. The Balaban J connectivity index is 1.94. The third kappa shape index (κ3) is 3.42. The quantitative estimate of drug-likeness (QED) is 0.885. The van der Waals surface area contributed by atoms with Crippen molar-refractivity contribution in [1.29, 1.82) is 0 Å². The maximum atomic E-state index is 13.0. The molecule has 1 aliphatic heterocycles. The first kappa shape index (κ1) is 13.7. The maximum Gasteiger partial charge on any atom is 0.141 e. The SMILES string of the molecule is OC1CCN(CC(O)c2ccc(F)c(Cl)c2)CC1. The van der Waals surface area contributed by atoms with E-state index in [9.17, 15) is 14.6 Å². The molecule has 1 fully saturated rings. The van der Waals surface area contributed by atoms with Gasteiger partial charge in [-0.05, 0) is 30.5 Å². The van der Waals surface area contributed by atoms with Crippen LogP contribution in [0.25, 0.3) is 0 Å². The Morgan fingerprint density at radius 3 is 2.67 bits per heavy atom. The van der Waals surface area contributed by atoms with Gasteiger partial charge in [0.1, 0.15) is 5.82 Å². The van der Waals surface area contributed by atoms with Crippen LogP contribution in [-0.2, 0) is 0 Å². The third-order valence-corrected chi connectivity index (χ3v) is 3.61. The van der Waals surface area contributed by atoms with E-state index < -0.39 is 11.9 Å². The van der Waals surface area contributed by atoms with Crippen molar-refractivity contribution in [2.45, 2.75) is 25.0 Å². The zero-order chi connectivity index (χ0) is 13.1. The molecule has 2 N–H and O–H groups in total. The summed E-state index contributed by atoms with van der Waals surface area (Å²) >= 11 is 5.69. The molecule has 100 valence electrons. The molecule has 1 aliphatic rings. The van der Waals surface area contributed by atoms with Crippen LogP contribution >= 0.6 is 11.6 Å². The summed E-state index contributed by atoms with van der Waals surface area (Å²) in [5.41, 5.74) is 0.618. The molecule has 0 radical (unpaired) electrons. The lowest BCUT2D eigenvalue weighted by molar-refractivity contribution is 0.0508. The Hall–Kier alpha value is -0.680. The summed E-state index contributed by atoms with van der Waals surface area (Å²) in [7, 11) is 0. The van der Waals surface area contributed by atoms with E-state index in [-0.39, 0.29) is 11.1 Å². The predicted molar refractivity (Wildman–Crippen MR) is 68.1 cm³/mol. The van der Waals surface area contributed by atoms with E-state index >= 15 is 0 Å². The molecule has 3 nitrogen and oxygen atoms in total. The highest BCUT2D eigenvalue weighted by atomic mass is 35.5. The molecule has 0 aromatic heterocycles. The van der Waals surface area contributed by atoms with Crippen LogP contribution in [0, 0.1) is 5.82 Å². The predicted octanol–water partition coefficient (Wildman–Crippen LogP) is 1.97. The summed E-state index contributed by atoms with van der Waals surface area (Å²) in [5.74, 6) is -0.478. The van der Waals surface area contributed by atoms with Crippen molar-refractivity contribution in [2.75, 3.05) is 19.6 Å². The zero-order valence-electron chi connectivity index (χ0n) is 10.0. The monoisotopic (exact) mass is 273 g/mol. The Morgan fingerprint density at radius 1 is 1.39 bits per heavy atom. The molecule has 1 saturated heterocycles. The van der Waals surface area contributed by atoms with Gasteiger partial charge in [0, 0.05) is 19.6 Å². The summed E-state index contributed by atoms with van der Waals surface area (Å²) in [6.07, 6.45) is 0.561. The number of rotatable bonds is 3. The lowest BCUT2D eigenvalue weighted by Crippen LogP contribution is -2.38. The number of likely N-dealkylation sites (tertiary alicyclic amines) is 1. The number of hydrogen-bond acceptors (Lipinski definition) is 3. The molecule has 5 heteroatoms. The maximum absolute atomic E-state index is 13.0. The van der Waals surface area contributed by atoms with Crippen molar-refractivity contribution >= 4 is 11.6 Å². The summed E-state index contributed by atoms with van der Waals surface area (Å²) in [6, 6.07) is 4.27. The summed E-state index contributed by atoms with van der Waals surface area (Å²) in [6.45, 7) is 2.02. The summed E-state index contributed by atoms with van der Waals surface area (Å²) in [5, 5.41) is 19.5. The van der Waals surface area contributed by atoms with E-state index in [0.717, 1.165) is 25.9 Å². The molecule has 1 atom stereocenters. The first-order valence-electron chi connectivity index (χ1n) is 6.09. The van der Waals surface area contributed by atoms with Crippen LogP contribution in [0.2, 0.25) is 5.02 Å². The second kappa shape index (κ2) is 5.97. The first-order chi connectivity index (χ1) is 8.56. The van der Waals surface area contributed by atoms with E-state index in [1.165, 1.54) is 12.1 Å². The minimum absolute atomic E-state index is 0.0283. The van der Waals surface area contributed by atoms with Gasteiger partial charge in [0.05, 0.1) is 17.2 Å². The van der Waals surface area contributed by atoms with E-state index in [0.29, 0.717) is 12.1 Å². The van der Waals surface area contributed by atoms with Crippen LogP contribution in [0.1, 0.15) is 24.5 Å². The van der Waals surface area contributed by atoms with Crippen LogP contribution in [-0.4, -0.2) is 40.9 Å². The molecule has 0 spiro atoms. The lowest BCUT2D eigenvalue weighted by Gasteiger charge is -2.31. The van der Waals surface area contributed by atoms with Crippen molar-refractivity contribution in [3.63, 3.8) is 0 Å². The van der Waals surface area contributed by atoms with E-state index in [4.69, 9.17) is 11.6 Å². The average molecular weight is 274 g/mol. The molecule has 1 aromatic rings. The van der Waals surface area contributed by atoms with Gasteiger partial charge < -0.3 is 15.1 Å². The van der Waals surface area contributed by atoms with E-state index in [1.54, 1.807) is 6.07 Å². The number of benzene rings is 1. The highest BCUT2D eigenvalue weighted by Gasteiger charge is 2.20. The third-order valence-electron chi connectivity index (χ3n) is 3.32. The summed E-state index contributed by atoms with van der Waals surface area (Å²) < 4.78 is 13.0. The largest absolute Gasteiger partial charge is 0.393 e. The molecule has 1 aromatic carbocycles. The molecular formula is C13H17ClFNO2. The number of hydrogen-bond donors (Lipinski definition) is 2. The van der Waals surface area contributed by atoms with Crippen molar-refractivity contribution in [3.8, 4) is 0 Å². The highest BCUT2D eigenvalue weighted by Crippen LogP contribution is 2.22. The van der Waals surface area contributed by atoms with Gasteiger partial charge in [0.2, 0.25) is 0 Å². The van der Waals surface area contributed by atoms with Crippen molar-refractivity contribution in [3.05, 3.63) is 34.6 Å². The molecule has 2 rings (SSSR count). The fourth-order valence-corrected chi connectivity index (χ4v) is 2.36. The van der Waals surface area contributed by atoms with Crippen LogP contribution in [0.3, 0.4) is 0 Å². The number of aliphatic hydroxyl groups is 2. The van der Waals surface area contributed by atoms with Gasteiger partial charge in [-0.15, -0.1) is 0 Å². The lowest BCUT2D eigenvalue weighted by atomic mass is 10.1. The molecular weight excluding hydrogens is 257 g/mol. The fraction of sp³-hybridized carbons (Fsp3) is 0.538. The molecule has 1 heterocycles. The topological polar surface area (TPSA) is 43.7 Å². The van der Waals surface area contributed by atoms with E-state index in [2.05, 4.69) is 4.90 Å². The first-order valence-corrected chi connectivity index (χ1v) is 6.47. The van der Waals surface area contributed by atoms with Crippen LogP contribution in [0.4, 0.5) is 4.39 Å². The van der Waals surface area contributed by atoms with Gasteiger partial charge in [0.25, 0.3) is 0 Å². The second-order valence-electron chi connectivity index (χ2n) is 4.72. The summed E-state index contributed by atoms with van der Waals surface area (Å²) in [4.78, 5) is 2.09. The van der Waals surface area contributed by atoms with Gasteiger partial charge in [-0.1, -0.05) is 17.7 Å². The Morgan fingerprint density at radius 2 is 2.06 bits per heavy atom. The van der Waals surface area contributed by atoms with Gasteiger partial charge in [-0.25, -0.2) is 4.39 Å². The molecule has 0 saturated carbocycles. The zero-order valence-corrected chi connectivity index (χ0v) is 10.8. The minimum Gasteiger partial charge on any atom is -0.393 e. The smallest absolute Gasteiger partial charge is 0.141 e. The highest BCUT2D eigenvalue weighted by molar-refractivity contribution is 6.30. The van der Waals surface area contributed by atoms with E-state index in [1.807, 2.05) is 0 Å². The number of piperidine rings is 1. The molecule has 1 unspecified atom stereocenters. The molecule has 0 amide bonds. The van der Waals surface area contributed by atoms with Crippen LogP contribution < -0.4 is 0 Å². The van der Waals surface area contributed by atoms with Gasteiger partial charge in [0.15, 0.2) is 0 Å². The standard InChI is InChI=1S/C13H17ClFNO2/c14-11-7-9(1-2-12(11)15)13(18)8-16-5-3-10(17)4-6-16/h1-2,7,10,13,17-18H,3-6,8H2. The van der Waals surface area contributed by atoms with Gasteiger partial charge in [-0.2, -0.15) is 0 Å². The molecule has 18 heavy (non-hydrogen) atoms. The van der Waals surface area contributed by atoms with Crippen molar-refractivity contribution < 1.29 is 14.6 Å². The second-order valence-corrected chi connectivity index (χ2v) is 5.13. The average Bonchev–Trinajstić information content (AvgIpc) is 2.35. The number of aliphatic hydroxyl groups excluding tert-OH is 2. The Kier molecular flexibility index (Phi) is 4.56. The molecule has 0 aliphatic carbocycles. The van der Waals surface area contributed by atoms with Gasteiger partial charge in [-0.3, -0.25) is 0 Å². The number of β-amino-alcohol motifs (C(OH)–C–C–N with tert-alkyl or cyclic N) is 1. The number of halogens is 2.